The van der Waals surface area contributed by atoms with E-state index in [0.717, 1.165) is 31.8 Å². The van der Waals surface area contributed by atoms with Crippen molar-refractivity contribution in [3.63, 3.8) is 0 Å². The van der Waals surface area contributed by atoms with Crippen molar-refractivity contribution in [1.29, 1.82) is 0 Å². The molecule has 1 aliphatic heterocycles. The second kappa shape index (κ2) is 3.50. The van der Waals surface area contributed by atoms with Gasteiger partial charge in [0.2, 0.25) is 0 Å². The van der Waals surface area contributed by atoms with E-state index in [0.29, 0.717) is 0 Å². The highest BCUT2D eigenvalue weighted by Crippen LogP contribution is 2.20. The molecule has 2 rings (SSSR count). The summed E-state index contributed by atoms with van der Waals surface area (Å²) in [6.07, 6.45) is 5.35. The molecule has 13 heavy (non-hydrogen) atoms. The van der Waals surface area contributed by atoms with Crippen LogP contribution in [0.3, 0.4) is 0 Å². The third kappa shape index (κ3) is 1.61. The molecule has 0 saturated carbocycles. The largest absolute Gasteiger partial charge is 0.332 e. The Balaban J connectivity index is 2.23. The summed E-state index contributed by atoms with van der Waals surface area (Å²) in [5.74, 6) is 2.04. The van der Waals surface area contributed by atoms with Gasteiger partial charge in [-0.25, -0.2) is 4.98 Å². The van der Waals surface area contributed by atoms with Gasteiger partial charge in [0.05, 0.1) is 0 Å². The fourth-order valence-electron chi connectivity index (χ4n) is 2.00. The summed E-state index contributed by atoms with van der Waals surface area (Å²) in [6, 6.07) is 0. The van der Waals surface area contributed by atoms with Crippen molar-refractivity contribution < 1.29 is 0 Å². The van der Waals surface area contributed by atoms with Crippen LogP contribution in [0.15, 0.2) is 6.20 Å². The molecule has 2 N–H and O–H groups in total. The third-order valence-corrected chi connectivity index (χ3v) is 2.80. The van der Waals surface area contributed by atoms with E-state index in [9.17, 15) is 0 Å². The van der Waals surface area contributed by atoms with Gasteiger partial charge in [0.15, 0.2) is 0 Å². The molecule has 1 aromatic heterocycles. The Bertz CT molecular complexity index is 277. The van der Waals surface area contributed by atoms with Gasteiger partial charge in [0, 0.05) is 31.3 Å². The van der Waals surface area contributed by atoms with E-state index in [1.807, 2.05) is 6.20 Å². The standard InChI is InChI=1S/C10H17N3/c1-8-3-5-13-9(2-4-11)7-12-10(13)6-8/h7-8H,2-6,11H2,1H3. The number of imidazole rings is 1. The fourth-order valence-corrected chi connectivity index (χ4v) is 2.00. The molecular weight excluding hydrogens is 162 g/mol. The number of rotatable bonds is 2. The lowest BCUT2D eigenvalue weighted by molar-refractivity contribution is 0.403. The molecule has 1 aliphatic rings. The molecule has 0 aromatic carbocycles. The zero-order valence-corrected chi connectivity index (χ0v) is 8.16. The van der Waals surface area contributed by atoms with Crippen LogP contribution in [0.4, 0.5) is 0 Å². The van der Waals surface area contributed by atoms with Gasteiger partial charge in [-0.2, -0.15) is 0 Å². The minimum Gasteiger partial charge on any atom is -0.332 e. The van der Waals surface area contributed by atoms with Gasteiger partial charge in [-0.15, -0.1) is 0 Å². The van der Waals surface area contributed by atoms with Gasteiger partial charge in [-0.05, 0) is 18.9 Å². The minimum absolute atomic E-state index is 0.723. The van der Waals surface area contributed by atoms with Crippen molar-refractivity contribution in [3.8, 4) is 0 Å². The molecule has 3 nitrogen and oxygen atoms in total. The summed E-state index contributed by atoms with van der Waals surface area (Å²) in [4.78, 5) is 4.43. The summed E-state index contributed by atoms with van der Waals surface area (Å²) >= 11 is 0. The highest BCUT2D eigenvalue weighted by atomic mass is 15.1. The first-order valence-corrected chi connectivity index (χ1v) is 5.04. The van der Waals surface area contributed by atoms with Crippen LogP contribution in [0, 0.1) is 5.92 Å². The molecule has 0 fully saturated rings. The van der Waals surface area contributed by atoms with Crippen LogP contribution in [0.2, 0.25) is 0 Å². The average Bonchev–Trinajstić information content (AvgIpc) is 2.49. The van der Waals surface area contributed by atoms with Gasteiger partial charge < -0.3 is 10.3 Å². The normalized spacial score (nSPS) is 21.5. The lowest BCUT2D eigenvalue weighted by Crippen LogP contribution is -2.19. The van der Waals surface area contributed by atoms with E-state index in [-0.39, 0.29) is 0 Å². The second-order valence-electron chi connectivity index (χ2n) is 3.95. The van der Waals surface area contributed by atoms with Crippen LogP contribution in [-0.2, 0) is 19.4 Å². The number of hydrogen-bond donors (Lipinski definition) is 1. The summed E-state index contributed by atoms with van der Waals surface area (Å²) in [5, 5.41) is 0. The molecule has 0 spiro atoms. The predicted octanol–water partition coefficient (Wildman–Crippen LogP) is 0.967. The van der Waals surface area contributed by atoms with E-state index in [1.165, 1.54) is 17.9 Å². The maximum Gasteiger partial charge on any atom is 0.109 e. The molecule has 0 amide bonds. The first-order chi connectivity index (χ1) is 6.31. The molecule has 0 saturated heterocycles. The quantitative estimate of drug-likeness (QED) is 0.735. The molecule has 1 atom stereocenters. The molecule has 3 heteroatoms. The van der Waals surface area contributed by atoms with Gasteiger partial charge in [-0.1, -0.05) is 6.92 Å². The maximum absolute atomic E-state index is 5.54. The first kappa shape index (κ1) is 8.75. The van der Waals surface area contributed by atoms with Crippen molar-refractivity contribution in [2.75, 3.05) is 6.54 Å². The van der Waals surface area contributed by atoms with Crippen molar-refractivity contribution >= 4 is 0 Å². The van der Waals surface area contributed by atoms with Crippen molar-refractivity contribution in [3.05, 3.63) is 17.7 Å². The number of hydrogen-bond acceptors (Lipinski definition) is 2. The van der Waals surface area contributed by atoms with Crippen molar-refractivity contribution in [1.82, 2.24) is 9.55 Å². The number of nitrogens with zero attached hydrogens (tertiary/aromatic N) is 2. The van der Waals surface area contributed by atoms with Crippen molar-refractivity contribution in [2.24, 2.45) is 11.7 Å². The molecule has 2 heterocycles. The van der Waals surface area contributed by atoms with Crippen LogP contribution >= 0.6 is 0 Å². The summed E-state index contributed by atoms with van der Waals surface area (Å²) in [5.41, 5.74) is 6.85. The second-order valence-corrected chi connectivity index (χ2v) is 3.95. The van der Waals surface area contributed by atoms with Crippen LogP contribution in [0.1, 0.15) is 24.9 Å². The zero-order valence-electron chi connectivity index (χ0n) is 8.16. The topological polar surface area (TPSA) is 43.8 Å². The van der Waals surface area contributed by atoms with Gasteiger partial charge in [0.1, 0.15) is 5.82 Å². The molecule has 0 bridgehead atoms. The molecular formula is C10H17N3. The fraction of sp³-hybridized carbons (Fsp3) is 0.700. The summed E-state index contributed by atoms with van der Waals surface area (Å²) in [7, 11) is 0. The third-order valence-electron chi connectivity index (χ3n) is 2.80. The summed E-state index contributed by atoms with van der Waals surface area (Å²) < 4.78 is 2.34. The Morgan fingerprint density at radius 1 is 1.69 bits per heavy atom. The smallest absolute Gasteiger partial charge is 0.109 e. The lowest BCUT2D eigenvalue weighted by Gasteiger charge is -2.21. The molecule has 1 unspecified atom stereocenters. The first-order valence-electron chi connectivity index (χ1n) is 5.04. The van der Waals surface area contributed by atoms with E-state index in [4.69, 9.17) is 5.73 Å². The van der Waals surface area contributed by atoms with Gasteiger partial charge >= 0.3 is 0 Å². The van der Waals surface area contributed by atoms with Crippen LogP contribution < -0.4 is 5.73 Å². The van der Waals surface area contributed by atoms with E-state index in [2.05, 4.69) is 16.5 Å². The SMILES string of the molecule is CC1CCn2c(CCN)cnc2C1. The number of aromatic nitrogens is 2. The molecule has 1 aromatic rings. The zero-order chi connectivity index (χ0) is 9.26. The average molecular weight is 179 g/mol. The summed E-state index contributed by atoms with van der Waals surface area (Å²) in [6.45, 7) is 4.15. The highest BCUT2D eigenvalue weighted by Gasteiger charge is 2.17. The Morgan fingerprint density at radius 3 is 3.31 bits per heavy atom. The minimum atomic E-state index is 0.723. The van der Waals surface area contributed by atoms with Crippen LogP contribution in [-0.4, -0.2) is 16.1 Å². The van der Waals surface area contributed by atoms with E-state index in [1.54, 1.807) is 0 Å². The van der Waals surface area contributed by atoms with Crippen LogP contribution in [0.5, 0.6) is 0 Å². The molecule has 0 radical (unpaired) electrons. The Labute approximate surface area is 79.0 Å². The maximum atomic E-state index is 5.54. The number of nitrogens with two attached hydrogens (primary N) is 1. The Kier molecular flexibility index (Phi) is 2.36. The monoisotopic (exact) mass is 179 g/mol. The predicted molar refractivity (Wildman–Crippen MR) is 52.5 cm³/mol. The Hall–Kier alpha value is -0.830. The molecule has 0 aliphatic carbocycles. The lowest BCUT2D eigenvalue weighted by atomic mass is 10.0. The number of fused-ring (bicyclic) bond motifs is 1. The van der Waals surface area contributed by atoms with E-state index >= 15 is 0 Å². The Morgan fingerprint density at radius 2 is 2.54 bits per heavy atom. The highest BCUT2D eigenvalue weighted by molar-refractivity contribution is 5.08. The van der Waals surface area contributed by atoms with E-state index < -0.39 is 0 Å². The molecule has 72 valence electrons. The van der Waals surface area contributed by atoms with Gasteiger partial charge in [0.25, 0.3) is 0 Å². The van der Waals surface area contributed by atoms with Crippen molar-refractivity contribution in [2.45, 2.75) is 32.7 Å². The van der Waals surface area contributed by atoms with Crippen LogP contribution in [0.25, 0.3) is 0 Å². The van der Waals surface area contributed by atoms with Gasteiger partial charge in [-0.3, -0.25) is 0 Å².